The standard InChI is InChI=1S/C11H20N2O2/c1-5-7-13(10(4)14)8-6-11(15)12-9(2)3/h5,9H,1,6-8H2,2-4H3,(H,12,15). The quantitative estimate of drug-likeness (QED) is 0.666. The molecule has 0 aliphatic heterocycles. The smallest absolute Gasteiger partial charge is 0.221 e. The van der Waals surface area contributed by atoms with Crippen molar-refractivity contribution in [1.29, 1.82) is 0 Å². The summed E-state index contributed by atoms with van der Waals surface area (Å²) in [5.74, 6) is -0.0624. The lowest BCUT2D eigenvalue weighted by Crippen LogP contribution is -2.36. The molecule has 0 bridgehead atoms. The molecule has 0 unspecified atom stereocenters. The number of amides is 2. The van der Waals surface area contributed by atoms with Crippen molar-refractivity contribution in [2.24, 2.45) is 0 Å². The summed E-state index contributed by atoms with van der Waals surface area (Å²) in [4.78, 5) is 24.0. The second kappa shape index (κ2) is 7.04. The van der Waals surface area contributed by atoms with Crippen molar-refractivity contribution in [3.8, 4) is 0 Å². The van der Waals surface area contributed by atoms with Gasteiger partial charge in [-0.1, -0.05) is 6.08 Å². The van der Waals surface area contributed by atoms with Crippen LogP contribution in [-0.2, 0) is 9.59 Å². The van der Waals surface area contributed by atoms with Crippen LogP contribution in [0, 0.1) is 0 Å². The van der Waals surface area contributed by atoms with Gasteiger partial charge in [-0.05, 0) is 13.8 Å². The molecule has 1 N–H and O–H groups in total. The van der Waals surface area contributed by atoms with Crippen molar-refractivity contribution >= 4 is 11.8 Å². The SMILES string of the molecule is C=CCN(CCC(=O)NC(C)C)C(C)=O. The Balaban J connectivity index is 3.93. The van der Waals surface area contributed by atoms with E-state index in [1.165, 1.54) is 6.92 Å². The summed E-state index contributed by atoms with van der Waals surface area (Å²) in [6, 6.07) is 0.141. The van der Waals surface area contributed by atoms with Gasteiger partial charge in [-0.15, -0.1) is 6.58 Å². The molecule has 0 aliphatic rings. The molecule has 0 aromatic carbocycles. The minimum absolute atomic E-state index is 0.0275. The lowest BCUT2D eigenvalue weighted by Gasteiger charge is -2.19. The zero-order valence-corrected chi connectivity index (χ0v) is 9.75. The first-order valence-corrected chi connectivity index (χ1v) is 5.13. The van der Waals surface area contributed by atoms with Crippen LogP contribution in [0.1, 0.15) is 27.2 Å². The molecular weight excluding hydrogens is 192 g/mol. The Morgan fingerprint density at radius 1 is 1.47 bits per heavy atom. The van der Waals surface area contributed by atoms with Gasteiger partial charge in [0.15, 0.2) is 0 Å². The van der Waals surface area contributed by atoms with Crippen molar-refractivity contribution in [2.75, 3.05) is 13.1 Å². The molecule has 0 rings (SSSR count). The molecule has 4 heteroatoms. The highest BCUT2D eigenvalue weighted by Gasteiger charge is 2.09. The third-order valence-corrected chi connectivity index (χ3v) is 1.85. The van der Waals surface area contributed by atoms with E-state index in [1.807, 2.05) is 13.8 Å². The molecule has 2 amide bonds. The van der Waals surface area contributed by atoms with E-state index in [-0.39, 0.29) is 17.9 Å². The number of carbonyl (C=O) groups is 2. The lowest BCUT2D eigenvalue weighted by atomic mass is 10.3. The van der Waals surface area contributed by atoms with Gasteiger partial charge in [0.2, 0.25) is 11.8 Å². The molecule has 0 fully saturated rings. The van der Waals surface area contributed by atoms with E-state index in [1.54, 1.807) is 11.0 Å². The molecule has 0 heterocycles. The van der Waals surface area contributed by atoms with Gasteiger partial charge in [-0.3, -0.25) is 9.59 Å². The van der Waals surface area contributed by atoms with E-state index >= 15 is 0 Å². The van der Waals surface area contributed by atoms with Crippen LogP contribution >= 0.6 is 0 Å². The molecule has 86 valence electrons. The average Bonchev–Trinajstić information content (AvgIpc) is 2.10. The predicted molar refractivity (Wildman–Crippen MR) is 60.3 cm³/mol. The highest BCUT2D eigenvalue weighted by atomic mass is 16.2. The number of nitrogens with one attached hydrogen (secondary N) is 1. The maximum Gasteiger partial charge on any atom is 0.221 e. The molecule has 0 saturated heterocycles. The lowest BCUT2D eigenvalue weighted by molar-refractivity contribution is -0.129. The van der Waals surface area contributed by atoms with E-state index in [2.05, 4.69) is 11.9 Å². The molecule has 0 spiro atoms. The van der Waals surface area contributed by atoms with E-state index in [0.717, 1.165) is 0 Å². The first kappa shape index (κ1) is 13.7. The van der Waals surface area contributed by atoms with E-state index < -0.39 is 0 Å². The molecule has 0 aromatic heterocycles. The second-order valence-corrected chi connectivity index (χ2v) is 3.73. The number of carbonyl (C=O) groups excluding carboxylic acids is 2. The third kappa shape index (κ3) is 6.71. The van der Waals surface area contributed by atoms with Crippen LogP contribution in [0.2, 0.25) is 0 Å². The van der Waals surface area contributed by atoms with Crippen molar-refractivity contribution < 1.29 is 9.59 Å². The fourth-order valence-electron chi connectivity index (χ4n) is 1.16. The second-order valence-electron chi connectivity index (χ2n) is 3.73. The van der Waals surface area contributed by atoms with Crippen molar-refractivity contribution in [1.82, 2.24) is 10.2 Å². The Kier molecular flexibility index (Phi) is 6.42. The van der Waals surface area contributed by atoms with Crippen LogP contribution in [0.15, 0.2) is 12.7 Å². The van der Waals surface area contributed by atoms with Crippen LogP contribution in [0.5, 0.6) is 0 Å². The fourth-order valence-corrected chi connectivity index (χ4v) is 1.16. The molecular formula is C11H20N2O2. The largest absolute Gasteiger partial charge is 0.354 e. The molecule has 0 radical (unpaired) electrons. The van der Waals surface area contributed by atoms with Gasteiger partial charge in [0.1, 0.15) is 0 Å². The number of rotatable bonds is 6. The Morgan fingerprint density at radius 2 is 2.07 bits per heavy atom. The van der Waals surface area contributed by atoms with Crippen molar-refractivity contribution in [2.45, 2.75) is 33.2 Å². The maximum atomic E-state index is 11.3. The van der Waals surface area contributed by atoms with Crippen LogP contribution in [0.4, 0.5) is 0 Å². The highest BCUT2D eigenvalue weighted by molar-refractivity contribution is 5.78. The van der Waals surface area contributed by atoms with Gasteiger partial charge in [0.25, 0.3) is 0 Å². The van der Waals surface area contributed by atoms with Gasteiger partial charge in [-0.25, -0.2) is 0 Å². The minimum Gasteiger partial charge on any atom is -0.354 e. The van der Waals surface area contributed by atoms with Gasteiger partial charge in [0, 0.05) is 32.5 Å². The topological polar surface area (TPSA) is 49.4 Å². The third-order valence-electron chi connectivity index (χ3n) is 1.85. The summed E-state index contributed by atoms with van der Waals surface area (Å²) in [5, 5.41) is 2.78. The summed E-state index contributed by atoms with van der Waals surface area (Å²) in [6.45, 7) is 9.80. The van der Waals surface area contributed by atoms with Gasteiger partial charge in [0.05, 0.1) is 0 Å². The zero-order valence-electron chi connectivity index (χ0n) is 9.75. The predicted octanol–water partition coefficient (Wildman–Crippen LogP) is 0.936. The Bertz CT molecular complexity index is 237. The molecule has 0 aromatic rings. The highest BCUT2D eigenvalue weighted by Crippen LogP contribution is 1.94. The number of hydrogen-bond donors (Lipinski definition) is 1. The minimum atomic E-state index is -0.0350. The van der Waals surface area contributed by atoms with Gasteiger partial charge >= 0.3 is 0 Å². The summed E-state index contributed by atoms with van der Waals surface area (Å²) in [7, 11) is 0. The summed E-state index contributed by atoms with van der Waals surface area (Å²) >= 11 is 0. The first-order chi connectivity index (χ1) is 6.97. The van der Waals surface area contributed by atoms with Crippen molar-refractivity contribution in [3.05, 3.63) is 12.7 Å². The average molecular weight is 212 g/mol. The molecule has 0 aliphatic carbocycles. The van der Waals surface area contributed by atoms with Crippen LogP contribution in [0.3, 0.4) is 0 Å². The normalized spacial score (nSPS) is 9.87. The summed E-state index contributed by atoms with van der Waals surface area (Å²) in [6.07, 6.45) is 1.99. The zero-order chi connectivity index (χ0) is 11.8. The monoisotopic (exact) mass is 212 g/mol. The number of nitrogens with zero attached hydrogens (tertiary/aromatic N) is 1. The summed E-state index contributed by atoms with van der Waals surface area (Å²) in [5.41, 5.74) is 0. The van der Waals surface area contributed by atoms with Crippen LogP contribution < -0.4 is 5.32 Å². The van der Waals surface area contributed by atoms with Gasteiger partial charge < -0.3 is 10.2 Å². The Labute approximate surface area is 91.3 Å². The van der Waals surface area contributed by atoms with E-state index in [0.29, 0.717) is 19.5 Å². The molecule has 0 atom stereocenters. The Morgan fingerprint density at radius 3 is 2.47 bits per heavy atom. The first-order valence-electron chi connectivity index (χ1n) is 5.13. The molecule has 15 heavy (non-hydrogen) atoms. The van der Waals surface area contributed by atoms with Crippen molar-refractivity contribution in [3.63, 3.8) is 0 Å². The van der Waals surface area contributed by atoms with E-state index in [9.17, 15) is 9.59 Å². The van der Waals surface area contributed by atoms with Crippen LogP contribution in [0.25, 0.3) is 0 Å². The van der Waals surface area contributed by atoms with Crippen LogP contribution in [-0.4, -0.2) is 35.8 Å². The van der Waals surface area contributed by atoms with Gasteiger partial charge in [-0.2, -0.15) is 0 Å². The number of hydrogen-bond acceptors (Lipinski definition) is 2. The molecule has 0 saturated carbocycles. The maximum absolute atomic E-state index is 11.3. The molecule has 4 nitrogen and oxygen atoms in total. The van der Waals surface area contributed by atoms with E-state index in [4.69, 9.17) is 0 Å². The fraction of sp³-hybridized carbons (Fsp3) is 0.636. The summed E-state index contributed by atoms with van der Waals surface area (Å²) < 4.78 is 0. The Hall–Kier alpha value is -1.32.